The van der Waals surface area contributed by atoms with Gasteiger partial charge in [0.2, 0.25) is 0 Å². The second-order valence-electron chi connectivity index (χ2n) is 2.21. The largest absolute Gasteiger partial charge is 0.497 e. The van der Waals surface area contributed by atoms with Crippen molar-refractivity contribution in [2.75, 3.05) is 7.11 Å². The van der Waals surface area contributed by atoms with E-state index in [-0.39, 0.29) is 10.8 Å². The van der Waals surface area contributed by atoms with Gasteiger partial charge in [0.25, 0.3) is 0 Å². The first-order chi connectivity index (χ1) is 6.11. The number of hydrogen-bond donors (Lipinski definition) is 0. The maximum absolute atomic E-state index is 11.8. The van der Waals surface area contributed by atoms with Crippen molar-refractivity contribution in [2.24, 2.45) is 0 Å². The van der Waals surface area contributed by atoms with Crippen LogP contribution in [0.1, 0.15) is 0 Å². The minimum absolute atomic E-state index is 0.0145. The Morgan fingerprint density at radius 3 is 2.38 bits per heavy atom. The molecule has 0 atom stereocenters. The number of methoxy groups -OCH3 is 1. The van der Waals surface area contributed by atoms with Gasteiger partial charge < -0.3 is 9.47 Å². The highest BCUT2D eigenvalue weighted by Crippen LogP contribution is 2.26. The standard InChI is InChI=1S/C8H7ClF2O2/c1-12-6-2-5(9)3-7(4-6)13-8(10)11/h2-4,8H,1H3. The average molecular weight is 209 g/mol. The van der Waals surface area contributed by atoms with E-state index in [4.69, 9.17) is 16.3 Å². The maximum Gasteiger partial charge on any atom is 0.387 e. The van der Waals surface area contributed by atoms with Gasteiger partial charge in [0.15, 0.2) is 0 Å². The summed E-state index contributed by atoms with van der Waals surface area (Å²) in [5.74, 6) is 0.363. The number of halogens is 3. The fourth-order valence-electron chi connectivity index (χ4n) is 0.826. The lowest BCUT2D eigenvalue weighted by Crippen LogP contribution is -2.01. The summed E-state index contributed by atoms with van der Waals surface area (Å²) < 4.78 is 32.5. The Kier molecular flexibility index (Phi) is 3.31. The van der Waals surface area contributed by atoms with Crippen molar-refractivity contribution in [3.63, 3.8) is 0 Å². The summed E-state index contributed by atoms with van der Waals surface area (Å²) in [6.45, 7) is -2.86. The van der Waals surface area contributed by atoms with Gasteiger partial charge in [-0.1, -0.05) is 11.6 Å². The van der Waals surface area contributed by atoms with Crippen LogP contribution >= 0.6 is 11.6 Å². The van der Waals surface area contributed by atoms with E-state index in [0.717, 1.165) is 0 Å². The molecule has 1 aromatic rings. The first-order valence-electron chi connectivity index (χ1n) is 3.41. The van der Waals surface area contributed by atoms with Gasteiger partial charge in [0.1, 0.15) is 11.5 Å². The van der Waals surface area contributed by atoms with Gasteiger partial charge in [-0.15, -0.1) is 0 Å². The van der Waals surface area contributed by atoms with Crippen LogP contribution in [-0.2, 0) is 0 Å². The lowest BCUT2D eigenvalue weighted by atomic mass is 10.3. The number of rotatable bonds is 3. The minimum Gasteiger partial charge on any atom is -0.497 e. The quantitative estimate of drug-likeness (QED) is 0.760. The molecule has 0 aromatic heterocycles. The summed E-state index contributed by atoms with van der Waals surface area (Å²) in [6, 6.07) is 4.12. The Balaban J connectivity index is 2.88. The minimum atomic E-state index is -2.86. The van der Waals surface area contributed by atoms with E-state index in [2.05, 4.69) is 4.74 Å². The molecule has 0 N–H and O–H groups in total. The van der Waals surface area contributed by atoms with Crippen molar-refractivity contribution in [3.8, 4) is 11.5 Å². The summed E-state index contributed by atoms with van der Waals surface area (Å²) in [7, 11) is 1.41. The lowest BCUT2D eigenvalue weighted by molar-refractivity contribution is -0.0499. The number of hydrogen-bond acceptors (Lipinski definition) is 2. The van der Waals surface area contributed by atoms with Crippen LogP contribution in [0.25, 0.3) is 0 Å². The second-order valence-corrected chi connectivity index (χ2v) is 2.64. The van der Waals surface area contributed by atoms with E-state index in [9.17, 15) is 8.78 Å². The predicted octanol–water partition coefficient (Wildman–Crippen LogP) is 2.95. The monoisotopic (exact) mass is 208 g/mol. The highest BCUT2D eigenvalue weighted by molar-refractivity contribution is 6.30. The molecule has 72 valence electrons. The van der Waals surface area contributed by atoms with E-state index in [1.807, 2.05) is 0 Å². The van der Waals surface area contributed by atoms with Gasteiger partial charge in [0, 0.05) is 11.1 Å². The number of ether oxygens (including phenoxy) is 2. The predicted molar refractivity (Wildman–Crippen MR) is 44.6 cm³/mol. The summed E-state index contributed by atoms with van der Waals surface area (Å²) in [6.07, 6.45) is 0. The molecule has 0 radical (unpaired) electrons. The van der Waals surface area contributed by atoms with E-state index in [1.165, 1.54) is 25.3 Å². The second kappa shape index (κ2) is 4.28. The van der Waals surface area contributed by atoms with Crippen molar-refractivity contribution in [1.82, 2.24) is 0 Å². The third-order valence-electron chi connectivity index (χ3n) is 1.31. The van der Waals surface area contributed by atoms with Crippen molar-refractivity contribution in [2.45, 2.75) is 6.61 Å². The molecular formula is C8H7ClF2O2. The summed E-state index contributed by atoms with van der Waals surface area (Å²) >= 11 is 5.61. The van der Waals surface area contributed by atoms with Gasteiger partial charge in [-0.3, -0.25) is 0 Å². The number of benzene rings is 1. The Labute approximate surface area is 79.0 Å². The van der Waals surface area contributed by atoms with Crippen LogP contribution in [-0.4, -0.2) is 13.7 Å². The highest BCUT2D eigenvalue weighted by Gasteiger charge is 2.06. The molecule has 0 bridgehead atoms. The molecule has 0 saturated carbocycles. The molecule has 0 spiro atoms. The first kappa shape index (κ1) is 10.1. The number of alkyl halides is 2. The third-order valence-corrected chi connectivity index (χ3v) is 1.52. The summed E-state index contributed by atoms with van der Waals surface area (Å²) in [4.78, 5) is 0. The fourth-order valence-corrected chi connectivity index (χ4v) is 1.04. The van der Waals surface area contributed by atoms with E-state index in [0.29, 0.717) is 5.75 Å². The molecule has 0 aliphatic carbocycles. The Morgan fingerprint density at radius 2 is 1.85 bits per heavy atom. The van der Waals surface area contributed by atoms with Crippen molar-refractivity contribution >= 4 is 11.6 Å². The Bertz CT molecular complexity index is 291. The third kappa shape index (κ3) is 3.06. The average Bonchev–Trinajstić information content (AvgIpc) is 2.01. The van der Waals surface area contributed by atoms with Gasteiger partial charge in [-0.25, -0.2) is 0 Å². The molecule has 0 aliphatic heterocycles. The molecule has 0 heterocycles. The van der Waals surface area contributed by atoms with Crippen molar-refractivity contribution in [3.05, 3.63) is 23.2 Å². The lowest BCUT2D eigenvalue weighted by Gasteiger charge is -2.06. The smallest absolute Gasteiger partial charge is 0.387 e. The van der Waals surface area contributed by atoms with Crippen LogP contribution in [0.3, 0.4) is 0 Å². The van der Waals surface area contributed by atoms with Gasteiger partial charge in [-0.2, -0.15) is 8.78 Å². The normalized spacial score (nSPS) is 10.2. The van der Waals surface area contributed by atoms with Crippen LogP contribution < -0.4 is 9.47 Å². The molecule has 5 heteroatoms. The van der Waals surface area contributed by atoms with E-state index in [1.54, 1.807) is 0 Å². The molecule has 0 unspecified atom stereocenters. The molecule has 0 fully saturated rings. The van der Waals surface area contributed by atoms with Crippen LogP contribution in [0, 0.1) is 0 Å². The van der Waals surface area contributed by atoms with Crippen LogP contribution in [0.5, 0.6) is 11.5 Å². The summed E-state index contributed by atoms with van der Waals surface area (Å²) in [5.41, 5.74) is 0. The molecule has 2 nitrogen and oxygen atoms in total. The topological polar surface area (TPSA) is 18.5 Å². The fraction of sp³-hybridized carbons (Fsp3) is 0.250. The first-order valence-corrected chi connectivity index (χ1v) is 3.79. The van der Waals surface area contributed by atoms with Crippen molar-refractivity contribution in [1.29, 1.82) is 0 Å². The molecule has 0 aliphatic rings. The zero-order chi connectivity index (χ0) is 9.84. The zero-order valence-corrected chi connectivity index (χ0v) is 7.52. The maximum atomic E-state index is 11.8. The zero-order valence-electron chi connectivity index (χ0n) is 6.76. The molecule has 1 rings (SSSR count). The van der Waals surface area contributed by atoms with Gasteiger partial charge in [-0.05, 0) is 12.1 Å². The molecule has 1 aromatic carbocycles. The molecule has 0 amide bonds. The SMILES string of the molecule is COc1cc(Cl)cc(OC(F)F)c1. The van der Waals surface area contributed by atoms with Crippen LogP contribution in [0.4, 0.5) is 8.78 Å². The molecule has 13 heavy (non-hydrogen) atoms. The summed E-state index contributed by atoms with van der Waals surface area (Å²) in [5, 5.41) is 0.287. The van der Waals surface area contributed by atoms with Crippen LogP contribution in [0.15, 0.2) is 18.2 Å². The van der Waals surface area contributed by atoms with Gasteiger partial charge in [0.05, 0.1) is 7.11 Å². The van der Waals surface area contributed by atoms with E-state index < -0.39 is 6.61 Å². The van der Waals surface area contributed by atoms with Crippen LogP contribution in [0.2, 0.25) is 5.02 Å². The highest BCUT2D eigenvalue weighted by atomic mass is 35.5. The Morgan fingerprint density at radius 1 is 1.23 bits per heavy atom. The molecule has 0 saturated heterocycles. The Hall–Kier alpha value is -1.03. The van der Waals surface area contributed by atoms with Gasteiger partial charge >= 0.3 is 6.61 Å². The van der Waals surface area contributed by atoms with Crippen molar-refractivity contribution < 1.29 is 18.3 Å². The molecular weight excluding hydrogens is 202 g/mol. The van der Waals surface area contributed by atoms with E-state index >= 15 is 0 Å².